The SMILES string of the molecule is CCN(CCC(=O)O)C(=O)NCC1(SC)CCC1. The molecule has 0 unspecified atom stereocenters. The summed E-state index contributed by atoms with van der Waals surface area (Å²) >= 11 is 1.81. The largest absolute Gasteiger partial charge is 0.481 e. The number of carboxylic acids is 1. The van der Waals surface area contributed by atoms with E-state index in [1.54, 1.807) is 4.90 Å². The molecule has 2 N–H and O–H groups in total. The van der Waals surface area contributed by atoms with Gasteiger partial charge in [0.15, 0.2) is 0 Å². The Kier molecular flexibility index (Phi) is 5.78. The predicted molar refractivity (Wildman–Crippen MR) is 73.0 cm³/mol. The first-order chi connectivity index (χ1) is 8.53. The number of hydrogen-bond acceptors (Lipinski definition) is 3. The predicted octanol–water partition coefficient (Wildman–Crippen LogP) is 1.78. The Balaban J connectivity index is 2.35. The quantitative estimate of drug-likeness (QED) is 0.742. The Labute approximate surface area is 112 Å². The van der Waals surface area contributed by atoms with Crippen LogP contribution < -0.4 is 5.32 Å². The monoisotopic (exact) mass is 274 g/mol. The van der Waals surface area contributed by atoms with E-state index in [4.69, 9.17) is 5.11 Å². The van der Waals surface area contributed by atoms with E-state index in [2.05, 4.69) is 11.6 Å². The molecular weight excluding hydrogens is 252 g/mol. The third-order valence-electron chi connectivity index (χ3n) is 3.52. The summed E-state index contributed by atoms with van der Waals surface area (Å²) in [5.74, 6) is -0.874. The number of amides is 2. The molecule has 0 saturated heterocycles. The minimum absolute atomic E-state index is 0.00503. The topological polar surface area (TPSA) is 69.6 Å². The number of carbonyl (C=O) groups excluding carboxylic acids is 1. The Morgan fingerprint density at radius 2 is 2.11 bits per heavy atom. The zero-order chi connectivity index (χ0) is 13.6. The van der Waals surface area contributed by atoms with Crippen LogP contribution in [0.5, 0.6) is 0 Å². The second-order valence-electron chi connectivity index (χ2n) is 4.62. The summed E-state index contributed by atoms with van der Waals surface area (Å²) in [7, 11) is 0. The van der Waals surface area contributed by atoms with Gasteiger partial charge >= 0.3 is 12.0 Å². The summed E-state index contributed by atoms with van der Waals surface area (Å²) in [6.45, 7) is 3.33. The van der Waals surface area contributed by atoms with Gasteiger partial charge in [-0.05, 0) is 26.0 Å². The van der Waals surface area contributed by atoms with Crippen molar-refractivity contribution >= 4 is 23.8 Å². The van der Waals surface area contributed by atoms with Crippen LogP contribution in [0.25, 0.3) is 0 Å². The molecule has 0 aliphatic heterocycles. The molecule has 0 aromatic carbocycles. The van der Waals surface area contributed by atoms with Crippen molar-refractivity contribution in [3.8, 4) is 0 Å². The molecule has 2 amide bonds. The van der Waals surface area contributed by atoms with Gasteiger partial charge in [0.2, 0.25) is 0 Å². The van der Waals surface area contributed by atoms with Crippen LogP contribution in [-0.2, 0) is 4.79 Å². The molecule has 5 nitrogen and oxygen atoms in total. The first-order valence-electron chi connectivity index (χ1n) is 6.33. The minimum atomic E-state index is -0.874. The number of carbonyl (C=O) groups is 2. The number of carboxylic acid groups (broad SMARTS) is 1. The standard InChI is InChI=1S/C12H22N2O3S/c1-3-14(8-5-10(15)16)11(17)13-9-12(18-2)6-4-7-12/h3-9H2,1-2H3,(H,13,17)(H,15,16). The lowest BCUT2D eigenvalue weighted by Crippen LogP contribution is -2.49. The first-order valence-corrected chi connectivity index (χ1v) is 7.55. The fourth-order valence-electron chi connectivity index (χ4n) is 2.01. The lowest BCUT2D eigenvalue weighted by molar-refractivity contribution is -0.137. The highest BCUT2D eigenvalue weighted by Gasteiger charge is 2.36. The van der Waals surface area contributed by atoms with Crippen LogP contribution >= 0.6 is 11.8 Å². The molecule has 0 radical (unpaired) electrons. The van der Waals surface area contributed by atoms with Crippen LogP contribution in [0.15, 0.2) is 0 Å². The van der Waals surface area contributed by atoms with E-state index >= 15 is 0 Å². The van der Waals surface area contributed by atoms with Gasteiger partial charge in [0.1, 0.15) is 0 Å². The average Bonchev–Trinajstić information content (AvgIpc) is 2.28. The second kappa shape index (κ2) is 6.87. The molecule has 104 valence electrons. The summed E-state index contributed by atoms with van der Waals surface area (Å²) in [6, 6.07) is -0.154. The van der Waals surface area contributed by atoms with E-state index in [1.165, 1.54) is 6.42 Å². The third kappa shape index (κ3) is 4.08. The first kappa shape index (κ1) is 15.1. The van der Waals surface area contributed by atoms with Gasteiger partial charge in [-0.2, -0.15) is 11.8 Å². The van der Waals surface area contributed by atoms with Gasteiger partial charge < -0.3 is 15.3 Å². The van der Waals surface area contributed by atoms with Crippen molar-refractivity contribution in [2.45, 2.75) is 37.4 Å². The van der Waals surface area contributed by atoms with E-state index in [0.29, 0.717) is 13.1 Å². The molecule has 0 bridgehead atoms. The van der Waals surface area contributed by atoms with Crippen molar-refractivity contribution in [1.82, 2.24) is 10.2 Å². The summed E-state index contributed by atoms with van der Waals surface area (Å²) in [4.78, 5) is 23.9. The van der Waals surface area contributed by atoms with Crippen LogP contribution in [-0.4, -0.2) is 52.6 Å². The minimum Gasteiger partial charge on any atom is -0.481 e. The maximum Gasteiger partial charge on any atom is 0.317 e. The van der Waals surface area contributed by atoms with E-state index in [-0.39, 0.29) is 23.7 Å². The zero-order valence-electron chi connectivity index (χ0n) is 11.1. The molecule has 0 spiro atoms. The summed E-state index contributed by atoms with van der Waals surface area (Å²) in [6.07, 6.45) is 5.60. The third-order valence-corrected chi connectivity index (χ3v) is 4.94. The number of thioether (sulfide) groups is 1. The number of urea groups is 1. The fourth-order valence-corrected chi connectivity index (χ4v) is 2.92. The van der Waals surface area contributed by atoms with Crippen LogP contribution in [0.2, 0.25) is 0 Å². The Bertz CT molecular complexity index is 300. The second-order valence-corrected chi connectivity index (χ2v) is 5.90. The van der Waals surface area contributed by atoms with Crippen LogP contribution in [0.1, 0.15) is 32.6 Å². The van der Waals surface area contributed by atoms with E-state index in [0.717, 1.165) is 12.8 Å². The van der Waals surface area contributed by atoms with Gasteiger partial charge in [0.05, 0.1) is 6.42 Å². The van der Waals surface area contributed by atoms with Crippen molar-refractivity contribution in [1.29, 1.82) is 0 Å². The molecule has 1 saturated carbocycles. The Hall–Kier alpha value is -0.910. The van der Waals surface area contributed by atoms with E-state index < -0.39 is 5.97 Å². The number of nitrogens with one attached hydrogen (secondary N) is 1. The normalized spacial score (nSPS) is 16.8. The highest BCUT2D eigenvalue weighted by atomic mass is 32.2. The van der Waals surface area contributed by atoms with Crippen molar-refractivity contribution < 1.29 is 14.7 Å². The highest BCUT2D eigenvalue weighted by molar-refractivity contribution is 8.00. The number of rotatable bonds is 7. The zero-order valence-corrected chi connectivity index (χ0v) is 11.9. The molecule has 0 atom stereocenters. The number of nitrogens with zero attached hydrogens (tertiary/aromatic N) is 1. The van der Waals surface area contributed by atoms with E-state index in [9.17, 15) is 9.59 Å². The Morgan fingerprint density at radius 3 is 2.50 bits per heavy atom. The van der Waals surface area contributed by atoms with Crippen LogP contribution in [0.4, 0.5) is 4.79 Å². The molecule has 1 aliphatic carbocycles. The van der Waals surface area contributed by atoms with Gasteiger partial charge in [-0.15, -0.1) is 0 Å². The van der Waals surface area contributed by atoms with Crippen molar-refractivity contribution in [3.05, 3.63) is 0 Å². The molecule has 6 heteroatoms. The maximum atomic E-state index is 11.9. The summed E-state index contributed by atoms with van der Waals surface area (Å²) in [5, 5.41) is 11.5. The van der Waals surface area contributed by atoms with E-state index in [1.807, 2.05) is 18.7 Å². The van der Waals surface area contributed by atoms with Gasteiger partial charge in [-0.25, -0.2) is 4.79 Å². The van der Waals surface area contributed by atoms with Gasteiger partial charge in [0, 0.05) is 24.4 Å². The molecular formula is C12H22N2O3S. The number of aliphatic carboxylic acids is 1. The lowest BCUT2D eigenvalue weighted by atomic mass is 9.84. The molecule has 18 heavy (non-hydrogen) atoms. The smallest absolute Gasteiger partial charge is 0.317 e. The van der Waals surface area contributed by atoms with Gasteiger partial charge in [-0.1, -0.05) is 6.42 Å². The Morgan fingerprint density at radius 1 is 1.44 bits per heavy atom. The van der Waals surface area contributed by atoms with Crippen molar-refractivity contribution in [2.24, 2.45) is 0 Å². The van der Waals surface area contributed by atoms with Gasteiger partial charge in [0.25, 0.3) is 0 Å². The highest BCUT2D eigenvalue weighted by Crippen LogP contribution is 2.42. The molecule has 0 heterocycles. The summed E-state index contributed by atoms with van der Waals surface area (Å²) < 4.78 is 0.210. The van der Waals surface area contributed by atoms with Crippen molar-refractivity contribution in [2.75, 3.05) is 25.9 Å². The molecule has 1 aliphatic rings. The molecule has 0 aromatic rings. The van der Waals surface area contributed by atoms with Gasteiger partial charge in [-0.3, -0.25) is 4.79 Å². The van der Waals surface area contributed by atoms with Crippen LogP contribution in [0, 0.1) is 0 Å². The fraction of sp³-hybridized carbons (Fsp3) is 0.833. The molecule has 0 aromatic heterocycles. The number of hydrogen-bond donors (Lipinski definition) is 2. The average molecular weight is 274 g/mol. The lowest BCUT2D eigenvalue weighted by Gasteiger charge is -2.40. The van der Waals surface area contributed by atoms with Crippen molar-refractivity contribution in [3.63, 3.8) is 0 Å². The molecule has 1 rings (SSSR count). The van der Waals surface area contributed by atoms with Crippen LogP contribution in [0.3, 0.4) is 0 Å². The maximum absolute atomic E-state index is 11.9. The molecule has 1 fully saturated rings. The summed E-state index contributed by atoms with van der Waals surface area (Å²) in [5.41, 5.74) is 0.